The molecule has 0 N–H and O–H groups in total. The predicted molar refractivity (Wildman–Crippen MR) is 91.4 cm³/mol. The lowest BCUT2D eigenvalue weighted by atomic mass is 9.81. The number of hydrogen-bond acceptors (Lipinski definition) is 1. The minimum atomic E-state index is 0.106. The van der Waals surface area contributed by atoms with Gasteiger partial charge in [0.05, 0.1) is 0 Å². The summed E-state index contributed by atoms with van der Waals surface area (Å²) < 4.78 is 1.14. The largest absolute Gasteiger partial charge is 0.149 e. The minimum absolute atomic E-state index is 0.106. The Hall–Kier alpha value is 0.360. The number of rotatable bonds is 5. The van der Waals surface area contributed by atoms with E-state index in [-0.39, 0.29) is 5.41 Å². The molecule has 0 amide bonds. The van der Waals surface area contributed by atoms with Gasteiger partial charge in [-0.25, -0.2) is 0 Å². The van der Waals surface area contributed by atoms with E-state index in [1.807, 2.05) is 11.3 Å². The van der Waals surface area contributed by atoms with E-state index in [9.17, 15) is 0 Å². The van der Waals surface area contributed by atoms with Crippen molar-refractivity contribution in [2.75, 3.05) is 10.7 Å². The number of thiophene rings is 1. The second-order valence-corrected chi connectivity index (χ2v) is 7.38. The highest BCUT2D eigenvalue weighted by atomic mass is 79.9. The Bertz CT molecular complexity index is 490. The summed E-state index contributed by atoms with van der Waals surface area (Å²) in [6.07, 6.45) is 1.05. The molecule has 1 heterocycles. The lowest BCUT2D eigenvalue weighted by Crippen LogP contribution is -2.32. The first-order valence-electron chi connectivity index (χ1n) is 5.60. The molecule has 0 aliphatic carbocycles. The highest BCUT2D eigenvalue weighted by molar-refractivity contribution is 9.10. The van der Waals surface area contributed by atoms with E-state index >= 15 is 0 Å². The normalized spacial score (nSPS) is 11.7. The molecule has 1 aromatic heterocycles. The molecule has 2 aromatic rings. The quantitative estimate of drug-likeness (QED) is 0.504. The average Bonchev–Trinajstić information content (AvgIpc) is 2.89. The molecule has 0 spiro atoms. The molecule has 0 aliphatic heterocycles. The standard InChI is InChI=1S/C14H13Br3S/c15-9-14(10-16,8-13-5-2-6-18-13)11-3-1-4-12(17)7-11/h1-7H,8-10H2. The van der Waals surface area contributed by atoms with Crippen molar-refractivity contribution in [3.63, 3.8) is 0 Å². The third-order valence-electron chi connectivity index (χ3n) is 3.04. The lowest BCUT2D eigenvalue weighted by Gasteiger charge is -2.30. The van der Waals surface area contributed by atoms with Crippen molar-refractivity contribution < 1.29 is 0 Å². The first-order valence-corrected chi connectivity index (χ1v) is 9.52. The van der Waals surface area contributed by atoms with Crippen LogP contribution in [-0.4, -0.2) is 10.7 Å². The maximum Gasteiger partial charge on any atom is 0.0195 e. The van der Waals surface area contributed by atoms with Crippen molar-refractivity contribution in [2.45, 2.75) is 11.8 Å². The van der Waals surface area contributed by atoms with E-state index in [1.165, 1.54) is 10.4 Å². The summed E-state index contributed by atoms with van der Waals surface area (Å²) in [7, 11) is 0. The monoisotopic (exact) mass is 450 g/mol. The van der Waals surface area contributed by atoms with Gasteiger partial charge < -0.3 is 0 Å². The fourth-order valence-electron chi connectivity index (χ4n) is 1.95. The molecule has 96 valence electrons. The van der Waals surface area contributed by atoms with Crippen LogP contribution < -0.4 is 0 Å². The molecule has 2 rings (SSSR count). The molecule has 0 saturated carbocycles. The fourth-order valence-corrected chi connectivity index (χ4v) is 5.17. The van der Waals surface area contributed by atoms with Crippen LogP contribution in [0.5, 0.6) is 0 Å². The van der Waals surface area contributed by atoms with Crippen LogP contribution >= 0.6 is 59.1 Å². The number of halogens is 3. The van der Waals surface area contributed by atoms with Crippen LogP contribution in [0.3, 0.4) is 0 Å². The van der Waals surface area contributed by atoms with Gasteiger partial charge in [0.1, 0.15) is 0 Å². The second kappa shape index (κ2) is 6.69. The molecule has 4 heteroatoms. The molecule has 0 nitrogen and oxygen atoms in total. The molecule has 0 atom stereocenters. The van der Waals surface area contributed by atoms with Crippen molar-refractivity contribution in [3.05, 3.63) is 56.7 Å². The van der Waals surface area contributed by atoms with Crippen LogP contribution in [0.1, 0.15) is 10.4 Å². The van der Waals surface area contributed by atoms with Gasteiger partial charge in [-0.15, -0.1) is 11.3 Å². The van der Waals surface area contributed by atoms with Crippen LogP contribution in [0.2, 0.25) is 0 Å². The Kier molecular flexibility index (Phi) is 5.48. The Morgan fingerprint density at radius 2 is 1.83 bits per heavy atom. The summed E-state index contributed by atoms with van der Waals surface area (Å²) in [5.41, 5.74) is 1.47. The lowest BCUT2D eigenvalue weighted by molar-refractivity contribution is 0.556. The van der Waals surface area contributed by atoms with E-state index in [0.29, 0.717) is 0 Å². The first kappa shape index (κ1) is 14.8. The van der Waals surface area contributed by atoms with Gasteiger partial charge in [0.15, 0.2) is 0 Å². The molecule has 18 heavy (non-hydrogen) atoms. The summed E-state index contributed by atoms with van der Waals surface area (Å²) in [4.78, 5) is 1.42. The minimum Gasteiger partial charge on any atom is -0.149 e. The first-order chi connectivity index (χ1) is 8.70. The number of hydrogen-bond donors (Lipinski definition) is 0. The molecule has 0 bridgehead atoms. The summed E-state index contributed by atoms with van der Waals surface area (Å²) in [6, 6.07) is 12.9. The van der Waals surface area contributed by atoms with Crippen molar-refractivity contribution in [1.29, 1.82) is 0 Å². The molecule has 1 aromatic carbocycles. The van der Waals surface area contributed by atoms with Crippen LogP contribution in [0.4, 0.5) is 0 Å². The van der Waals surface area contributed by atoms with Gasteiger partial charge in [-0.1, -0.05) is 66.0 Å². The molecule has 0 radical (unpaired) electrons. The van der Waals surface area contributed by atoms with Crippen LogP contribution in [0, 0.1) is 0 Å². The predicted octanol–water partition coefficient (Wildman–Crippen LogP) is 5.78. The molecular formula is C14H13Br3S. The third-order valence-corrected chi connectivity index (χ3v) is 6.56. The summed E-state index contributed by atoms with van der Waals surface area (Å²) in [5, 5.41) is 4.03. The SMILES string of the molecule is BrCC(CBr)(Cc1cccs1)c1cccc(Br)c1. The van der Waals surface area contributed by atoms with Gasteiger partial charge in [-0.05, 0) is 35.6 Å². The number of alkyl halides is 2. The van der Waals surface area contributed by atoms with Gasteiger partial charge in [0.25, 0.3) is 0 Å². The Morgan fingerprint density at radius 3 is 2.39 bits per heavy atom. The smallest absolute Gasteiger partial charge is 0.0195 e. The maximum atomic E-state index is 3.70. The molecule has 0 fully saturated rings. The van der Waals surface area contributed by atoms with Crippen molar-refractivity contribution >= 4 is 59.1 Å². The highest BCUT2D eigenvalue weighted by Gasteiger charge is 2.31. The zero-order valence-electron chi connectivity index (χ0n) is 9.70. The Balaban J connectivity index is 2.37. The van der Waals surface area contributed by atoms with Crippen molar-refractivity contribution in [1.82, 2.24) is 0 Å². The zero-order chi connectivity index (χ0) is 13.0. The van der Waals surface area contributed by atoms with E-state index in [0.717, 1.165) is 21.6 Å². The van der Waals surface area contributed by atoms with Crippen molar-refractivity contribution in [3.8, 4) is 0 Å². The Labute approximate surface area is 137 Å². The topological polar surface area (TPSA) is 0 Å². The summed E-state index contributed by atoms with van der Waals surface area (Å²) in [5.74, 6) is 0. The van der Waals surface area contributed by atoms with E-state index in [1.54, 1.807) is 0 Å². The summed E-state index contributed by atoms with van der Waals surface area (Å²) >= 11 is 12.8. The zero-order valence-corrected chi connectivity index (χ0v) is 15.3. The summed E-state index contributed by atoms with van der Waals surface area (Å²) in [6.45, 7) is 0. The van der Waals surface area contributed by atoms with Gasteiger partial charge in [-0.2, -0.15) is 0 Å². The third kappa shape index (κ3) is 3.27. The molecular weight excluding hydrogens is 440 g/mol. The maximum absolute atomic E-state index is 3.70. The fraction of sp³-hybridized carbons (Fsp3) is 0.286. The molecule has 0 aliphatic rings. The van der Waals surface area contributed by atoms with Crippen molar-refractivity contribution in [2.24, 2.45) is 0 Å². The van der Waals surface area contributed by atoms with Gasteiger partial charge in [0, 0.05) is 25.4 Å². The molecule has 0 saturated heterocycles. The van der Waals surface area contributed by atoms with Gasteiger partial charge in [0.2, 0.25) is 0 Å². The highest BCUT2D eigenvalue weighted by Crippen LogP contribution is 2.35. The van der Waals surface area contributed by atoms with Gasteiger partial charge >= 0.3 is 0 Å². The van der Waals surface area contributed by atoms with E-state index < -0.39 is 0 Å². The molecule has 0 unspecified atom stereocenters. The van der Waals surface area contributed by atoms with Crippen LogP contribution in [0.15, 0.2) is 46.3 Å². The average molecular weight is 453 g/mol. The van der Waals surface area contributed by atoms with Crippen LogP contribution in [0.25, 0.3) is 0 Å². The van der Waals surface area contributed by atoms with Crippen LogP contribution in [-0.2, 0) is 11.8 Å². The Morgan fingerprint density at radius 1 is 1.06 bits per heavy atom. The second-order valence-electron chi connectivity index (χ2n) is 4.31. The van der Waals surface area contributed by atoms with E-state index in [2.05, 4.69) is 89.6 Å². The number of benzene rings is 1. The van der Waals surface area contributed by atoms with E-state index in [4.69, 9.17) is 0 Å². The van der Waals surface area contributed by atoms with Gasteiger partial charge in [-0.3, -0.25) is 0 Å².